The molecule has 0 N–H and O–H groups in total. The fourth-order valence-corrected chi connectivity index (χ4v) is 4.06. The monoisotopic (exact) mass is 318 g/mol. The highest BCUT2D eigenvalue weighted by atomic mass is 32.1. The zero-order valence-electron chi connectivity index (χ0n) is 12.4. The van der Waals surface area contributed by atoms with E-state index in [0.717, 1.165) is 24.1 Å². The van der Waals surface area contributed by atoms with Crippen LogP contribution in [0.4, 0.5) is 0 Å². The van der Waals surface area contributed by atoms with Gasteiger partial charge in [-0.1, -0.05) is 6.07 Å². The second-order valence-corrected chi connectivity index (χ2v) is 6.75. The summed E-state index contributed by atoms with van der Waals surface area (Å²) < 4.78 is 11.5. The van der Waals surface area contributed by atoms with Crippen LogP contribution in [0.25, 0.3) is 10.8 Å². The van der Waals surface area contributed by atoms with Crippen molar-refractivity contribution in [2.45, 2.75) is 38.3 Å². The van der Waals surface area contributed by atoms with Gasteiger partial charge in [-0.25, -0.2) is 4.98 Å². The molecule has 3 heterocycles. The molecule has 2 aromatic rings. The summed E-state index contributed by atoms with van der Waals surface area (Å²) in [6.07, 6.45) is 3.39. The van der Waals surface area contributed by atoms with E-state index in [2.05, 4.69) is 4.98 Å². The summed E-state index contributed by atoms with van der Waals surface area (Å²) in [5, 5.41) is 1.97. The number of thiophene rings is 1. The lowest BCUT2D eigenvalue weighted by atomic mass is 10.1. The Kier molecular flexibility index (Phi) is 3.50. The maximum atomic E-state index is 12.9. The van der Waals surface area contributed by atoms with Crippen LogP contribution in [0.15, 0.2) is 21.9 Å². The molecule has 6 heteroatoms. The molecule has 1 amide bonds. The largest absolute Gasteiger partial charge is 0.440 e. The molecule has 1 saturated carbocycles. The van der Waals surface area contributed by atoms with Gasteiger partial charge in [0.1, 0.15) is 5.76 Å². The van der Waals surface area contributed by atoms with Crippen LogP contribution < -0.4 is 0 Å². The fraction of sp³-hybridized carbons (Fsp3) is 0.500. The second kappa shape index (κ2) is 5.52. The highest BCUT2D eigenvalue weighted by molar-refractivity contribution is 7.13. The minimum Gasteiger partial charge on any atom is -0.440 e. The normalized spacial score (nSPS) is 24.5. The van der Waals surface area contributed by atoms with E-state index in [1.165, 1.54) is 0 Å². The Morgan fingerprint density at radius 2 is 2.36 bits per heavy atom. The van der Waals surface area contributed by atoms with E-state index >= 15 is 0 Å². The van der Waals surface area contributed by atoms with Crippen LogP contribution in [0, 0.1) is 6.92 Å². The van der Waals surface area contributed by atoms with E-state index in [-0.39, 0.29) is 18.1 Å². The first-order valence-electron chi connectivity index (χ1n) is 7.68. The van der Waals surface area contributed by atoms with Gasteiger partial charge in [-0.3, -0.25) is 4.79 Å². The minimum absolute atomic E-state index is 0.0238. The van der Waals surface area contributed by atoms with Crippen LogP contribution in [0.5, 0.6) is 0 Å². The Morgan fingerprint density at radius 3 is 3.18 bits per heavy atom. The van der Waals surface area contributed by atoms with Crippen molar-refractivity contribution >= 4 is 17.2 Å². The molecule has 1 aliphatic heterocycles. The number of ether oxygens (including phenoxy) is 1. The number of nitrogens with zero attached hydrogens (tertiary/aromatic N) is 2. The van der Waals surface area contributed by atoms with Crippen LogP contribution in [0.2, 0.25) is 0 Å². The Hall–Kier alpha value is -1.66. The molecule has 4 rings (SSSR count). The number of oxazole rings is 1. The maximum absolute atomic E-state index is 12.9. The van der Waals surface area contributed by atoms with Crippen molar-refractivity contribution in [3.05, 3.63) is 29.0 Å². The smallest absolute Gasteiger partial charge is 0.276 e. The first-order valence-corrected chi connectivity index (χ1v) is 8.56. The molecule has 0 radical (unpaired) electrons. The number of hydrogen-bond donors (Lipinski definition) is 0. The van der Waals surface area contributed by atoms with Gasteiger partial charge in [-0.05, 0) is 37.6 Å². The van der Waals surface area contributed by atoms with Crippen LogP contribution in [-0.2, 0) is 4.74 Å². The highest BCUT2D eigenvalue weighted by Crippen LogP contribution is 2.32. The van der Waals surface area contributed by atoms with Crippen molar-refractivity contribution in [2.75, 3.05) is 13.2 Å². The van der Waals surface area contributed by atoms with Gasteiger partial charge >= 0.3 is 0 Å². The number of aromatic nitrogens is 1. The summed E-state index contributed by atoms with van der Waals surface area (Å²) in [5.41, 5.74) is 0.441. The average Bonchev–Trinajstić information content (AvgIpc) is 3.25. The van der Waals surface area contributed by atoms with Crippen LogP contribution in [0.3, 0.4) is 0 Å². The third-order valence-electron chi connectivity index (χ3n) is 4.47. The van der Waals surface area contributed by atoms with E-state index in [1.807, 2.05) is 29.3 Å². The summed E-state index contributed by atoms with van der Waals surface area (Å²) in [6, 6.07) is 4.10. The lowest BCUT2D eigenvalue weighted by molar-refractivity contribution is -0.0447. The molecular formula is C16H18N2O3S. The van der Waals surface area contributed by atoms with Gasteiger partial charge in [0.2, 0.25) is 5.89 Å². The summed E-state index contributed by atoms with van der Waals surface area (Å²) >= 11 is 1.56. The number of amides is 1. The molecule has 5 nitrogen and oxygen atoms in total. The molecule has 2 aliphatic rings. The third-order valence-corrected chi connectivity index (χ3v) is 5.33. The Labute approximate surface area is 132 Å². The van der Waals surface area contributed by atoms with Crippen molar-refractivity contribution in [3.63, 3.8) is 0 Å². The van der Waals surface area contributed by atoms with Crippen molar-refractivity contribution in [3.8, 4) is 10.8 Å². The Bertz CT molecular complexity index is 680. The molecular weight excluding hydrogens is 300 g/mol. The van der Waals surface area contributed by atoms with Gasteiger partial charge in [-0.15, -0.1) is 11.3 Å². The maximum Gasteiger partial charge on any atom is 0.276 e. The summed E-state index contributed by atoms with van der Waals surface area (Å²) in [4.78, 5) is 20.2. The molecule has 2 atom stereocenters. The van der Waals surface area contributed by atoms with Crippen molar-refractivity contribution in [1.29, 1.82) is 0 Å². The van der Waals surface area contributed by atoms with Gasteiger partial charge in [0, 0.05) is 6.54 Å². The van der Waals surface area contributed by atoms with Gasteiger partial charge in [0.05, 0.1) is 23.6 Å². The number of carbonyl (C=O) groups is 1. The first kappa shape index (κ1) is 14.0. The van der Waals surface area contributed by atoms with Crippen LogP contribution in [-0.4, -0.2) is 41.1 Å². The van der Waals surface area contributed by atoms with E-state index in [4.69, 9.17) is 9.15 Å². The molecule has 1 saturated heterocycles. The zero-order chi connectivity index (χ0) is 15.1. The van der Waals surface area contributed by atoms with Gasteiger partial charge < -0.3 is 14.1 Å². The van der Waals surface area contributed by atoms with E-state index < -0.39 is 0 Å². The molecule has 0 unspecified atom stereocenters. The highest BCUT2D eigenvalue weighted by Gasteiger charge is 2.39. The second-order valence-electron chi connectivity index (χ2n) is 5.81. The van der Waals surface area contributed by atoms with Crippen molar-refractivity contribution in [2.24, 2.45) is 0 Å². The molecule has 0 bridgehead atoms. The molecule has 0 spiro atoms. The average molecular weight is 318 g/mol. The minimum atomic E-state index is -0.0238. The lowest BCUT2D eigenvalue weighted by Gasteiger charge is -2.37. The van der Waals surface area contributed by atoms with Gasteiger partial charge in [-0.2, -0.15) is 0 Å². The zero-order valence-corrected chi connectivity index (χ0v) is 13.3. The standard InChI is InChI=1S/C16H18N2O3S/c1-10-14(17-15(21-10)13-6-3-9-22-13)16(19)18-7-8-20-12-5-2-4-11(12)18/h3,6,9,11-12H,2,4-5,7-8H2,1H3/t11-,12+/m0/s1. The fourth-order valence-electron chi connectivity index (χ4n) is 3.41. The number of hydrogen-bond acceptors (Lipinski definition) is 5. The molecule has 2 aromatic heterocycles. The predicted octanol–water partition coefficient (Wildman–Crippen LogP) is 3.11. The molecule has 0 aromatic carbocycles. The topological polar surface area (TPSA) is 55.6 Å². The third kappa shape index (κ3) is 2.27. The Balaban J connectivity index is 1.62. The molecule has 1 aliphatic carbocycles. The molecule has 116 valence electrons. The van der Waals surface area contributed by atoms with E-state index in [0.29, 0.717) is 30.5 Å². The SMILES string of the molecule is Cc1oc(-c2cccs2)nc1C(=O)N1CCO[C@@H]2CCC[C@@H]21. The molecule has 22 heavy (non-hydrogen) atoms. The summed E-state index contributed by atoms with van der Waals surface area (Å²) in [5.74, 6) is 1.10. The van der Waals surface area contributed by atoms with Gasteiger partial charge in [0.15, 0.2) is 5.69 Å². The van der Waals surface area contributed by atoms with Crippen molar-refractivity contribution in [1.82, 2.24) is 9.88 Å². The number of fused-ring (bicyclic) bond motifs is 1. The molecule has 2 fully saturated rings. The quantitative estimate of drug-likeness (QED) is 0.854. The number of aryl methyl sites for hydroxylation is 1. The Morgan fingerprint density at radius 1 is 1.45 bits per heavy atom. The lowest BCUT2D eigenvalue weighted by Crippen LogP contribution is -2.51. The van der Waals surface area contributed by atoms with Crippen LogP contribution in [0.1, 0.15) is 35.5 Å². The van der Waals surface area contributed by atoms with Gasteiger partial charge in [0.25, 0.3) is 5.91 Å². The predicted molar refractivity (Wildman–Crippen MR) is 83.0 cm³/mol. The number of rotatable bonds is 2. The summed E-state index contributed by atoms with van der Waals surface area (Å²) in [6.45, 7) is 3.06. The number of carbonyl (C=O) groups excluding carboxylic acids is 1. The summed E-state index contributed by atoms with van der Waals surface area (Å²) in [7, 11) is 0. The van der Waals surface area contributed by atoms with E-state index in [1.54, 1.807) is 11.3 Å². The first-order chi connectivity index (χ1) is 10.7. The van der Waals surface area contributed by atoms with Crippen LogP contribution >= 0.6 is 11.3 Å². The van der Waals surface area contributed by atoms with Crippen molar-refractivity contribution < 1.29 is 13.9 Å². The van der Waals surface area contributed by atoms with E-state index in [9.17, 15) is 4.79 Å². The number of morpholine rings is 1.